The van der Waals surface area contributed by atoms with Crippen LogP contribution >= 0.6 is 0 Å². The fourth-order valence-electron chi connectivity index (χ4n) is 4.34. The van der Waals surface area contributed by atoms with Gasteiger partial charge in [-0.1, -0.05) is 20.8 Å². The second-order valence-corrected chi connectivity index (χ2v) is 7.08. The molecule has 4 heteroatoms. The summed E-state index contributed by atoms with van der Waals surface area (Å²) in [5.41, 5.74) is 6.82. The molecule has 2 saturated heterocycles. The van der Waals surface area contributed by atoms with E-state index in [1.165, 1.54) is 0 Å². The summed E-state index contributed by atoms with van der Waals surface area (Å²) in [6.07, 6.45) is 2.98. The first-order valence-electron chi connectivity index (χ1n) is 7.73. The van der Waals surface area contributed by atoms with Crippen LogP contribution in [-0.2, 0) is 9.47 Å². The van der Waals surface area contributed by atoms with E-state index in [-0.39, 0.29) is 11.0 Å². The molecule has 4 atom stereocenters. The Balaban J connectivity index is 1.68. The molecule has 0 amide bonds. The van der Waals surface area contributed by atoms with Gasteiger partial charge < -0.3 is 15.2 Å². The number of hydrogen-bond acceptors (Lipinski definition) is 4. The van der Waals surface area contributed by atoms with Gasteiger partial charge in [0, 0.05) is 43.1 Å². The standard InChI is InChI=1S/C15H28N2O2/c1-4-11-9-17(6-8-18-11)10-15(16)12-5-7-19-13(12)14(15,2)3/h11-13H,4-10,16H2,1-3H3. The Kier molecular flexibility index (Phi) is 3.41. The van der Waals surface area contributed by atoms with Crippen molar-refractivity contribution in [3.63, 3.8) is 0 Å². The average molecular weight is 268 g/mol. The van der Waals surface area contributed by atoms with Gasteiger partial charge in [0.1, 0.15) is 0 Å². The van der Waals surface area contributed by atoms with Crippen molar-refractivity contribution in [2.75, 3.05) is 32.8 Å². The Morgan fingerprint density at radius 2 is 2.05 bits per heavy atom. The summed E-state index contributed by atoms with van der Waals surface area (Å²) in [4.78, 5) is 2.51. The average Bonchev–Trinajstić information content (AvgIpc) is 2.87. The lowest BCUT2D eigenvalue weighted by Crippen LogP contribution is -2.78. The normalized spacial score (nSPS) is 45.8. The van der Waals surface area contributed by atoms with Crippen molar-refractivity contribution in [1.29, 1.82) is 0 Å². The lowest BCUT2D eigenvalue weighted by molar-refractivity contribution is -0.169. The predicted molar refractivity (Wildman–Crippen MR) is 75.0 cm³/mol. The van der Waals surface area contributed by atoms with Gasteiger partial charge in [0.05, 0.1) is 18.8 Å². The maximum atomic E-state index is 6.82. The Bertz CT molecular complexity index is 347. The second-order valence-electron chi connectivity index (χ2n) is 7.08. The molecule has 3 aliphatic rings. The number of nitrogens with two attached hydrogens (primary N) is 1. The van der Waals surface area contributed by atoms with Gasteiger partial charge in [-0.25, -0.2) is 0 Å². The Morgan fingerprint density at radius 1 is 1.26 bits per heavy atom. The maximum absolute atomic E-state index is 6.82. The van der Waals surface area contributed by atoms with Gasteiger partial charge in [0.15, 0.2) is 0 Å². The third-order valence-electron chi connectivity index (χ3n) is 5.83. The lowest BCUT2D eigenvalue weighted by Gasteiger charge is -2.63. The summed E-state index contributed by atoms with van der Waals surface area (Å²) in [5, 5.41) is 0. The zero-order valence-electron chi connectivity index (χ0n) is 12.5. The summed E-state index contributed by atoms with van der Waals surface area (Å²) < 4.78 is 11.6. The van der Waals surface area contributed by atoms with Gasteiger partial charge in [-0.05, 0) is 12.8 Å². The number of nitrogens with zero attached hydrogens (tertiary/aromatic N) is 1. The van der Waals surface area contributed by atoms with Gasteiger partial charge in [-0.2, -0.15) is 0 Å². The van der Waals surface area contributed by atoms with Gasteiger partial charge in [0.2, 0.25) is 0 Å². The van der Waals surface area contributed by atoms with Crippen molar-refractivity contribution in [2.45, 2.75) is 51.4 Å². The topological polar surface area (TPSA) is 47.7 Å². The molecule has 2 heterocycles. The molecule has 1 aliphatic carbocycles. The van der Waals surface area contributed by atoms with Crippen molar-refractivity contribution in [2.24, 2.45) is 17.1 Å². The molecule has 2 aliphatic heterocycles. The largest absolute Gasteiger partial charge is 0.377 e. The molecular formula is C15H28N2O2. The summed E-state index contributed by atoms with van der Waals surface area (Å²) in [6.45, 7) is 11.5. The minimum atomic E-state index is -0.0935. The maximum Gasteiger partial charge on any atom is 0.0700 e. The molecule has 4 unspecified atom stereocenters. The molecule has 19 heavy (non-hydrogen) atoms. The van der Waals surface area contributed by atoms with E-state index in [2.05, 4.69) is 25.7 Å². The van der Waals surface area contributed by atoms with E-state index in [1.807, 2.05) is 0 Å². The Labute approximate surface area is 116 Å². The highest BCUT2D eigenvalue weighted by atomic mass is 16.5. The van der Waals surface area contributed by atoms with Crippen LogP contribution in [0.2, 0.25) is 0 Å². The smallest absolute Gasteiger partial charge is 0.0700 e. The molecule has 0 aromatic heterocycles. The van der Waals surface area contributed by atoms with E-state index in [0.29, 0.717) is 18.1 Å². The van der Waals surface area contributed by atoms with Crippen LogP contribution in [0.4, 0.5) is 0 Å². The highest BCUT2D eigenvalue weighted by Crippen LogP contribution is 2.58. The molecule has 0 radical (unpaired) electrons. The Hall–Kier alpha value is -0.160. The molecule has 3 rings (SSSR count). The van der Waals surface area contributed by atoms with Crippen LogP contribution in [-0.4, -0.2) is 55.5 Å². The lowest BCUT2D eigenvalue weighted by atomic mass is 9.48. The van der Waals surface area contributed by atoms with Crippen LogP contribution in [0.25, 0.3) is 0 Å². The number of rotatable bonds is 3. The van der Waals surface area contributed by atoms with Crippen molar-refractivity contribution >= 4 is 0 Å². The number of fused-ring (bicyclic) bond motifs is 1. The first-order chi connectivity index (χ1) is 8.99. The summed E-state index contributed by atoms with van der Waals surface area (Å²) in [6, 6.07) is 0. The third-order valence-corrected chi connectivity index (χ3v) is 5.83. The summed E-state index contributed by atoms with van der Waals surface area (Å²) in [5.74, 6) is 0.547. The molecule has 110 valence electrons. The molecule has 0 aromatic rings. The first kappa shape index (κ1) is 13.8. The molecule has 2 N–H and O–H groups in total. The molecule has 0 aromatic carbocycles. The van der Waals surface area contributed by atoms with Crippen LogP contribution in [0.1, 0.15) is 33.6 Å². The fourth-order valence-corrected chi connectivity index (χ4v) is 4.34. The first-order valence-corrected chi connectivity index (χ1v) is 7.73. The van der Waals surface area contributed by atoms with Gasteiger partial charge in [-0.15, -0.1) is 0 Å². The van der Waals surface area contributed by atoms with Gasteiger partial charge in [-0.3, -0.25) is 4.90 Å². The number of morpholine rings is 1. The highest BCUT2D eigenvalue weighted by molar-refractivity contribution is 5.21. The minimum Gasteiger partial charge on any atom is -0.377 e. The number of ether oxygens (including phenoxy) is 2. The second kappa shape index (κ2) is 4.69. The van der Waals surface area contributed by atoms with E-state index >= 15 is 0 Å². The van der Waals surface area contributed by atoms with Crippen LogP contribution in [0.15, 0.2) is 0 Å². The zero-order valence-corrected chi connectivity index (χ0v) is 12.5. The molecular weight excluding hydrogens is 240 g/mol. The molecule has 0 spiro atoms. The number of hydrogen-bond donors (Lipinski definition) is 1. The molecule has 0 bridgehead atoms. The van der Waals surface area contributed by atoms with Crippen molar-refractivity contribution in [1.82, 2.24) is 4.90 Å². The van der Waals surface area contributed by atoms with Gasteiger partial charge in [0.25, 0.3) is 0 Å². The summed E-state index contributed by atoms with van der Waals surface area (Å²) >= 11 is 0. The highest BCUT2D eigenvalue weighted by Gasteiger charge is 2.67. The quantitative estimate of drug-likeness (QED) is 0.836. The van der Waals surface area contributed by atoms with Crippen molar-refractivity contribution in [3.8, 4) is 0 Å². The van der Waals surface area contributed by atoms with E-state index in [4.69, 9.17) is 15.2 Å². The van der Waals surface area contributed by atoms with E-state index < -0.39 is 0 Å². The van der Waals surface area contributed by atoms with E-state index in [0.717, 1.165) is 45.7 Å². The van der Waals surface area contributed by atoms with Crippen LogP contribution < -0.4 is 5.73 Å². The SMILES string of the molecule is CCC1CN(CC2(N)C3CCOC3C2(C)C)CCO1. The van der Waals surface area contributed by atoms with Crippen molar-refractivity contribution in [3.05, 3.63) is 0 Å². The zero-order chi connectivity index (χ0) is 13.7. The van der Waals surface area contributed by atoms with E-state index in [9.17, 15) is 0 Å². The minimum absolute atomic E-state index is 0.0915. The molecule has 3 fully saturated rings. The molecule has 4 nitrogen and oxygen atoms in total. The monoisotopic (exact) mass is 268 g/mol. The predicted octanol–water partition coefficient (Wildman–Crippen LogP) is 1.24. The van der Waals surface area contributed by atoms with Gasteiger partial charge >= 0.3 is 0 Å². The van der Waals surface area contributed by atoms with E-state index in [1.54, 1.807) is 0 Å². The van der Waals surface area contributed by atoms with Crippen molar-refractivity contribution < 1.29 is 9.47 Å². The summed E-state index contributed by atoms with van der Waals surface area (Å²) in [7, 11) is 0. The van der Waals surface area contributed by atoms with Crippen LogP contribution in [0.3, 0.4) is 0 Å². The Morgan fingerprint density at radius 3 is 2.79 bits per heavy atom. The fraction of sp³-hybridized carbons (Fsp3) is 1.00. The van der Waals surface area contributed by atoms with Crippen LogP contribution in [0.5, 0.6) is 0 Å². The van der Waals surface area contributed by atoms with Crippen LogP contribution in [0, 0.1) is 11.3 Å². The molecule has 1 saturated carbocycles. The third kappa shape index (κ3) is 1.96.